The van der Waals surface area contributed by atoms with Crippen molar-refractivity contribution in [1.29, 1.82) is 0 Å². The quantitative estimate of drug-likeness (QED) is 0.770. The van der Waals surface area contributed by atoms with Crippen LogP contribution in [0.1, 0.15) is 0 Å². The molecule has 1 N–H and O–H groups in total. The first-order valence-electron chi connectivity index (χ1n) is 7.24. The molecule has 1 aromatic heterocycles. The van der Waals surface area contributed by atoms with E-state index in [1.165, 1.54) is 29.1 Å². The van der Waals surface area contributed by atoms with E-state index in [1.54, 1.807) is 24.3 Å². The van der Waals surface area contributed by atoms with Gasteiger partial charge >= 0.3 is 0 Å². The molecular weight excluding hydrogens is 335 g/mol. The number of hydrogen-bond donors (Lipinski definition) is 1. The van der Waals surface area contributed by atoms with Gasteiger partial charge in [-0.2, -0.15) is 0 Å². The number of hydrogen-bond acceptors (Lipinski definition) is 4. The predicted molar refractivity (Wildman–Crippen MR) is 88.9 cm³/mol. The third-order valence-electron chi connectivity index (χ3n) is 3.45. The molecule has 1 unspecified atom stereocenters. The van der Waals surface area contributed by atoms with E-state index in [2.05, 4.69) is 4.98 Å². The summed E-state index contributed by atoms with van der Waals surface area (Å²) in [4.78, 5) is 16.4. The van der Waals surface area contributed by atoms with E-state index in [1.807, 2.05) is 0 Å². The minimum Gasteiger partial charge on any atom is -0.491 e. The molecule has 0 bridgehead atoms. The van der Waals surface area contributed by atoms with E-state index in [-0.39, 0.29) is 24.2 Å². The zero-order valence-electron chi connectivity index (χ0n) is 12.5. The number of nitrogens with zero attached hydrogens (tertiary/aromatic N) is 2. The van der Waals surface area contributed by atoms with Gasteiger partial charge in [-0.3, -0.25) is 9.36 Å². The number of rotatable bonds is 5. The second-order valence-corrected chi connectivity index (χ2v) is 5.72. The van der Waals surface area contributed by atoms with Gasteiger partial charge in [-0.15, -0.1) is 0 Å². The van der Waals surface area contributed by atoms with Gasteiger partial charge in [0.05, 0.1) is 23.8 Å². The lowest BCUT2D eigenvalue weighted by Crippen LogP contribution is -2.30. The van der Waals surface area contributed by atoms with E-state index in [4.69, 9.17) is 16.3 Å². The van der Waals surface area contributed by atoms with Gasteiger partial charge in [0.2, 0.25) is 0 Å². The Hall–Kier alpha value is -2.44. The highest BCUT2D eigenvalue weighted by Crippen LogP contribution is 2.15. The second kappa shape index (κ2) is 6.98. The maximum atomic E-state index is 13.2. The van der Waals surface area contributed by atoms with Crippen LogP contribution >= 0.6 is 11.6 Å². The van der Waals surface area contributed by atoms with Gasteiger partial charge in [0.1, 0.15) is 24.3 Å². The number of aliphatic hydroxyl groups is 1. The fourth-order valence-corrected chi connectivity index (χ4v) is 2.39. The highest BCUT2D eigenvalue weighted by atomic mass is 35.5. The lowest BCUT2D eigenvalue weighted by molar-refractivity contribution is 0.0915. The average molecular weight is 349 g/mol. The Morgan fingerprint density at radius 1 is 1.25 bits per heavy atom. The summed E-state index contributed by atoms with van der Waals surface area (Å²) in [5.41, 5.74) is -0.0614. The third-order valence-corrected chi connectivity index (χ3v) is 3.70. The van der Waals surface area contributed by atoms with Crippen molar-refractivity contribution in [3.05, 3.63) is 70.0 Å². The van der Waals surface area contributed by atoms with Crippen molar-refractivity contribution in [3.63, 3.8) is 0 Å². The van der Waals surface area contributed by atoms with Crippen LogP contribution in [0.5, 0.6) is 5.75 Å². The maximum absolute atomic E-state index is 13.2. The number of aromatic nitrogens is 2. The largest absolute Gasteiger partial charge is 0.491 e. The zero-order chi connectivity index (χ0) is 17.1. The molecule has 124 valence electrons. The van der Waals surface area contributed by atoms with Gasteiger partial charge in [0.25, 0.3) is 5.56 Å². The van der Waals surface area contributed by atoms with Crippen LogP contribution in [0.2, 0.25) is 5.02 Å². The number of halogens is 2. The maximum Gasteiger partial charge on any atom is 0.261 e. The Bertz CT molecular complexity index is 912. The van der Waals surface area contributed by atoms with Gasteiger partial charge in [-0.05, 0) is 36.4 Å². The van der Waals surface area contributed by atoms with E-state index >= 15 is 0 Å². The molecule has 1 atom stereocenters. The average Bonchev–Trinajstić information content (AvgIpc) is 2.57. The molecule has 2 aromatic carbocycles. The Kier molecular flexibility index (Phi) is 4.78. The van der Waals surface area contributed by atoms with E-state index in [0.29, 0.717) is 16.2 Å². The first-order valence-corrected chi connectivity index (χ1v) is 7.62. The molecule has 7 heteroatoms. The number of aliphatic hydroxyl groups excluding tert-OH is 1. The Balaban J connectivity index is 1.70. The normalized spacial score (nSPS) is 12.3. The van der Waals surface area contributed by atoms with Crippen LogP contribution in [-0.2, 0) is 6.54 Å². The fourth-order valence-electron chi connectivity index (χ4n) is 2.26. The summed E-state index contributed by atoms with van der Waals surface area (Å²) in [5, 5.41) is 10.9. The van der Waals surface area contributed by atoms with Crippen molar-refractivity contribution in [3.8, 4) is 5.75 Å². The van der Waals surface area contributed by atoms with Crippen LogP contribution in [-0.4, -0.2) is 27.4 Å². The van der Waals surface area contributed by atoms with Crippen molar-refractivity contribution >= 4 is 22.5 Å². The summed E-state index contributed by atoms with van der Waals surface area (Å²) in [6.07, 6.45) is 0.383. The molecule has 5 nitrogen and oxygen atoms in total. The van der Waals surface area contributed by atoms with Gasteiger partial charge < -0.3 is 9.84 Å². The molecule has 0 aliphatic carbocycles. The summed E-state index contributed by atoms with van der Waals surface area (Å²) in [7, 11) is 0. The van der Waals surface area contributed by atoms with Gasteiger partial charge in [0, 0.05) is 11.1 Å². The Morgan fingerprint density at radius 2 is 2.00 bits per heavy atom. The highest BCUT2D eigenvalue weighted by molar-refractivity contribution is 6.30. The minimum atomic E-state index is -0.905. The van der Waals surface area contributed by atoms with Crippen molar-refractivity contribution in [2.75, 3.05) is 6.61 Å². The van der Waals surface area contributed by atoms with Crippen molar-refractivity contribution < 1.29 is 14.2 Å². The summed E-state index contributed by atoms with van der Waals surface area (Å²) in [5.74, 6) is 0.112. The first-order chi connectivity index (χ1) is 11.5. The van der Waals surface area contributed by atoms with Crippen molar-refractivity contribution in [1.82, 2.24) is 9.55 Å². The Labute approximate surface area is 141 Å². The fraction of sp³-hybridized carbons (Fsp3) is 0.176. The van der Waals surface area contributed by atoms with Crippen LogP contribution in [0.4, 0.5) is 4.39 Å². The standard InChI is InChI=1S/C17H14ClFN2O3/c18-11-1-4-14(5-2-11)24-9-13(22)8-21-10-20-16-7-12(19)3-6-15(16)17(21)23/h1-7,10,13,22H,8-9H2. The minimum absolute atomic E-state index is 0.00945. The Morgan fingerprint density at radius 3 is 2.75 bits per heavy atom. The first kappa shape index (κ1) is 16.4. The van der Waals surface area contributed by atoms with E-state index in [0.717, 1.165) is 0 Å². The van der Waals surface area contributed by atoms with Crippen LogP contribution in [0.25, 0.3) is 10.9 Å². The number of fused-ring (bicyclic) bond motifs is 1. The lowest BCUT2D eigenvalue weighted by Gasteiger charge is -2.14. The second-order valence-electron chi connectivity index (χ2n) is 5.28. The summed E-state index contributed by atoms with van der Waals surface area (Å²) in [6, 6.07) is 10.5. The molecule has 3 aromatic rings. The van der Waals surface area contributed by atoms with Crippen LogP contribution in [0.3, 0.4) is 0 Å². The molecule has 0 aliphatic rings. The SMILES string of the molecule is O=c1c2ccc(F)cc2ncn1CC(O)COc1ccc(Cl)cc1. The lowest BCUT2D eigenvalue weighted by atomic mass is 10.2. The van der Waals surface area contributed by atoms with E-state index in [9.17, 15) is 14.3 Å². The molecule has 0 spiro atoms. The van der Waals surface area contributed by atoms with Crippen LogP contribution in [0.15, 0.2) is 53.6 Å². The number of benzene rings is 2. The zero-order valence-corrected chi connectivity index (χ0v) is 13.3. The van der Waals surface area contributed by atoms with E-state index < -0.39 is 11.9 Å². The third kappa shape index (κ3) is 3.72. The summed E-state index contributed by atoms with van der Waals surface area (Å²) >= 11 is 5.78. The monoisotopic (exact) mass is 348 g/mol. The van der Waals surface area contributed by atoms with Gasteiger partial charge in [-0.25, -0.2) is 9.37 Å². The molecule has 0 fully saturated rings. The summed E-state index contributed by atoms with van der Waals surface area (Å²) < 4.78 is 19.9. The molecular formula is C17H14ClFN2O3. The molecule has 24 heavy (non-hydrogen) atoms. The number of ether oxygens (including phenoxy) is 1. The van der Waals surface area contributed by atoms with Crippen LogP contribution < -0.4 is 10.3 Å². The van der Waals surface area contributed by atoms with Crippen molar-refractivity contribution in [2.45, 2.75) is 12.6 Å². The highest BCUT2D eigenvalue weighted by Gasteiger charge is 2.10. The molecule has 3 rings (SSSR count). The van der Waals surface area contributed by atoms with Gasteiger partial charge in [-0.1, -0.05) is 11.6 Å². The van der Waals surface area contributed by atoms with Gasteiger partial charge in [0.15, 0.2) is 0 Å². The molecule has 0 radical (unpaired) electrons. The molecule has 0 saturated carbocycles. The molecule has 0 amide bonds. The van der Waals surface area contributed by atoms with Crippen molar-refractivity contribution in [2.24, 2.45) is 0 Å². The summed E-state index contributed by atoms with van der Waals surface area (Å²) in [6.45, 7) is 0.0300. The predicted octanol–water partition coefficient (Wildman–Crippen LogP) is 2.63. The topological polar surface area (TPSA) is 64.4 Å². The smallest absolute Gasteiger partial charge is 0.261 e. The molecule has 0 aliphatic heterocycles. The molecule has 1 heterocycles. The molecule has 0 saturated heterocycles. The van der Waals surface area contributed by atoms with Crippen LogP contribution in [0, 0.1) is 5.82 Å².